The minimum absolute atomic E-state index is 0.0762. The Hall–Kier alpha value is -1.30. The molecular formula is C17H35N3O3. The van der Waals surface area contributed by atoms with Crippen LogP contribution in [-0.4, -0.2) is 43.8 Å². The second-order valence-electron chi connectivity index (χ2n) is 7.19. The van der Waals surface area contributed by atoms with Gasteiger partial charge in [-0.3, -0.25) is 4.79 Å². The van der Waals surface area contributed by atoms with Crippen molar-refractivity contribution in [3.8, 4) is 0 Å². The van der Waals surface area contributed by atoms with E-state index in [1.165, 1.54) is 0 Å². The summed E-state index contributed by atoms with van der Waals surface area (Å²) in [6.07, 6.45) is 1.04. The Balaban J connectivity index is 3.99. The van der Waals surface area contributed by atoms with Crippen molar-refractivity contribution in [2.75, 3.05) is 26.2 Å². The van der Waals surface area contributed by atoms with E-state index >= 15 is 0 Å². The van der Waals surface area contributed by atoms with E-state index < -0.39 is 5.60 Å². The predicted octanol–water partition coefficient (Wildman–Crippen LogP) is 2.29. The molecule has 0 aromatic heterocycles. The van der Waals surface area contributed by atoms with Gasteiger partial charge in [0.2, 0.25) is 5.91 Å². The third-order valence-electron chi connectivity index (χ3n) is 3.36. The van der Waals surface area contributed by atoms with Gasteiger partial charge in [0.15, 0.2) is 0 Å². The van der Waals surface area contributed by atoms with Gasteiger partial charge < -0.3 is 20.7 Å². The van der Waals surface area contributed by atoms with Crippen LogP contribution in [0.4, 0.5) is 4.79 Å². The second-order valence-corrected chi connectivity index (χ2v) is 7.19. The van der Waals surface area contributed by atoms with Crippen LogP contribution in [0, 0.1) is 11.8 Å². The first-order valence-electron chi connectivity index (χ1n) is 8.60. The molecule has 1 unspecified atom stereocenters. The first kappa shape index (κ1) is 21.7. The molecule has 136 valence electrons. The monoisotopic (exact) mass is 329 g/mol. The molecule has 0 rings (SSSR count). The van der Waals surface area contributed by atoms with E-state index in [2.05, 4.69) is 29.8 Å². The first-order valence-corrected chi connectivity index (χ1v) is 8.60. The fraction of sp³-hybridized carbons (Fsp3) is 0.882. The zero-order valence-electron chi connectivity index (χ0n) is 15.6. The minimum Gasteiger partial charge on any atom is -0.444 e. The standard InChI is InChI=1S/C17H35N3O3/c1-7-9-19-15(21)8-10-18-11-14(13(2)3)12-20-16(22)23-17(4,5)6/h13-14,18H,7-12H2,1-6H3,(H,19,21)(H,20,22). The second kappa shape index (κ2) is 11.3. The average molecular weight is 329 g/mol. The molecule has 3 N–H and O–H groups in total. The minimum atomic E-state index is -0.485. The Morgan fingerprint density at radius 2 is 1.70 bits per heavy atom. The van der Waals surface area contributed by atoms with Crippen molar-refractivity contribution >= 4 is 12.0 Å². The van der Waals surface area contributed by atoms with Crippen LogP contribution in [0.5, 0.6) is 0 Å². The zero-order valence-corrected chi connectivity index (χ0v) is 15.6. The molecule has 23 heavy (non-hydrogen) atoms. The molecular weight excluding hydrogens is 294 g/mol. The third-order valence-corrected chi connectivity index (χ3v) is 3.36. The molecule has 1 atom stereocenters. The van der Waals surface area contributed by atoms with E-state index in [9.17, 15) is 9.59 Å². The Labute approximate surface area is 141 Å². The summed E-state index contributed by atoms with van der Waals surface area (Å²) in [5.74, 6) is 0.792. The predicted molar refractivity (Wildman–Crippen MR) is 93.4 cm³/mol. The molecule has 0 fully saturated rings. The molecule has 6 nitrogen and oxygen atoms in total. The van der Waals surface area contributed by atoms with Crippen LogP contribution in [0.3, 0.4) is 0 Å². The highest BCUT2D eigenvalue weighted by Crippen LogP contribution is 2.10. The number of ether oxygens (including phenoxy) is 1. The van der Waals surface area contributed by atoms with Crippen LogP contribution in [-0.2, 0) is 9.53 Å². The number of carbonyl (C=O) groups is 2. The number of nitrogens with one attached hydrogen (secondary N) is 3. The molecule has 0 aliphatic heterocycles. The van der Waals surface area contributed by atoms with Gasteiger partial charge in [-0.25, -0.2) is 4.79 Å². The van der Waals surface area contributed by atoms with Gasteiger partial charge in [-0.05, 0) is 45.6 Å². The smallest absolute Gasteiger partial charge is 0.407 e. The lowest BCUT2D eigenvalue weighted by atomic mass is 9.96. The normalized spacial score (nSPS) is 12.8. The SMILES string of the molecule is CCCNC(=O)CCNCC(CNC(=O)OC(C)(C)C)C(C)C. The lowest BCUT2D eigenvalue weighted by Crippen LogP contribution is -2.40. The lowest BCUT2D eigenvalue weighted by molar-refractivity contribution is -0.120. The number of carbonyl (C=O) groups excluding carboxylic acids is 2. The third kappa shape index (κ3) is 12.9. The largest absolute Gasteiger partial charge is 0.444 e. The molecule has 0 bridgehead atoms. The maximum atomic E-state index is 11.7. The molecule has 0 heterocycles. The molecule has 0 aromatic rings. The van der Waals surface area contributed by atoms with Crippen LogP contribution in [0.2, 0.25) is 0 Å². The Kier molecular flexibility index (Phi) is 10.6. The number of alkyl carbamates (subject to hydrolysis) is 1. The van der Waals surface area contributed by atoms with E-state index in [0.29, 0.717) is 31.3 Å². The molecule has 6 heteroatoms. The first-order chi connectivity index (χ1) is 10.7. The van der Waals surface area contributed by atoms with Gasteiger partial charge in [0, 0.05) is 26.1 Å². The summed E-state index contributed by atoms with van der Waals surface area (Å²) in [4.78, 5) is 23.2. The lowest BCUT2D eigenvalue weighted by Gasteiger charge is -2.24. The number of hydrogen-bond donors (Lipinski definition) is 3. The van der Waals surface area contributed by atoms with E-state index in [1.54, 1.807) is 0 Å². The molecule has 0 aliphatic rings. The molecule has 0 aromatic carbocycles. The molecule has 0 spiro atoms. The maximum absolute atomic E-state index is 11.7. The Morgan fingerprint density at radius 1 is 1.04 bits per heavy atom. The number of rotatable bonds is 10. The highest BCUT2D eigenvalue weighted by molar-refractivity contribution is 5.75. The molecule has 0 radical (unpaired) electrons. The van der Waals surface area contributed by atoms with Crippen LogP contribution in [0.15, 0.2) is 0 Å². The van der Waals surface area contributed by atoms with Gasteiger partial charge in [-0.15, -0.1) is 0 Å². The van der Waals surface area contributed by atoms with Crippen molar-refractivity contribution in [1.29, 1.82) is 0 Å². The molecule has 2 amide bonds. The van der Waals surface area contributed by atoms with Crippen LogP contribution in [0.25, 0.3) is 0 Å². The summed E-state index contributed by atoms with van der Waals surface area (Å²) in [5, 5.41) is 8.96. The highest BCUT2D eigenvalue weighted by atomic mass is 16.6. The number of hydrogen-bond acceptors (Lipinski definition) is 4. The van der Waals surface area contributed by atoms with Gasteiger partial charge in [0.25, 0.3) is 0 Å². The number of amides is 2. The summed E-state index contributed by atoms with van der Waals surface area (Å²) >= 11 is 0. The topological polar surface area (TPSA) is 79.5 Å². The van der Waals surface area contributed by atoms with Crippen molar-refractivity contribution < 1.29 is 14.3 Å². The summed E-state index contributed by atoms with van der Waals surface area (Å²) < 4.78 is 5.24. The van der Waals surface area contributed by atoms with Crippen LogP contribution in [0.1, 0.15) is 54.4 Å². The van der Waals surface area contributed by atoms with Crippen LogP contribution < -0.4 is 16.0 Å². The van der Waals surface area contributed by atoms with Crippen molar-refractivity contribution in [1.82, 2.24) is 16.0 Å². The van der Waals surface area contributed by atoms with E-state index in [-0.39, 0.29) is 12.0 Å². The van der Waals surface area contributed by atoms with E-state index in [0.717, 1.165) is 19.5 Å². The van der Waals surface area contributed by atoms with Gasteiger partial charge in [-0.2, -0.15) is 0 Å². The van der Waals surface area contributed by atoms with Crippen molar-refractivity contribution in [3.63, 3.8) is 0 Å². The fourth-order valence-corrected chi connectivity index (χ4v) is 1.91. The van der Waals surface area contributed by atoms with Crippen LogP contribution >= 0.6 is 0 Å². The van der Waals surface area contributed by atoms with Crippen molar-refractivity contribution in [2.24, 2.45) is 11.8 Å². The van der Waals surface area contributed by atoms with Gasteiger partial charge in [0.1, 0.15) is 5.60 Å². The highest BCUT2D eigenvalue weighted by Gasteiger charge is 2.19. The zero-order chi connectivity index (χ0) is 17.9. The molecule has 0 aliphatic carbocycles. The van der Waals surface area contributed by atoms with Crippen molar-refractivity contribution in [3.05, 3.63) is 0 Å². The Morgan fingerprint density at radius 3 is 2.22 bits per heavy atom. The molecule has 0 saturated carbocycles. The van der Waals surface area contributed by atoms with Gasteiger partial charge in [0.05, 0.1) is 0 Å². The van der Waals surface area contributed by atoms with E-state index in [1.807, 2.05) is 27.7 Å². The summed E-state index contributed by atoms with van der Waals surface area (Å²) in [6.45, 7) is 14.5. The molecule has 0 saturated heterocycles. The average Bonchev–Trinajstić information content (AvgIpc) is 2.41. The van der Waals surface area contributed by atoms with Gasteiger partial charge in [-0.1, -0.05) is 20.8 Å². The van der Waals surface area contributed by atoms with Gasteiger partial charge >= 0.3 is 6.09 Å². The summed E-state index contributed by atoms with van der Waals surface area (Å²) in [6, 6.07) is 0. The Bertz CT molecular complexity index is 351. The fourth-order valence-electron chi connectivity index (χ4n) is 1.91. The maximum Gasteiger partial charge on any atom is 0.407 e. The van der Waals surface area contributed by atoms with E-state index in [4.69, 9.17) is 4.74 Å². The quantitative estimate of drug-likeness (QED) is 0.537. The summed E-state index contributed by atoms with van der Waals surface area (Å²) in [7, 11) is 0. The van der Waals surface area contributed by atoms with Crippen molar-refractivity contribution in [2.45, 2.75) is 60.0 Å². The summed E-state index contributed by atoms with van der Waals surface area (Å²) in [5.41, 5.74) is -0.485.